The first kappa shape index (κ1) is 28.0. The lowest BCUT2D eigenvalue weighted by Crippen LogP contribution is -2.56. The Morgan fingerprint density at radius 2 is 1.57 bits per heavy atom. The number of amides is 3. The molecular formula is C29H39N3O5. The number of nitrogens with one attached hydrogen (secondary N) is 2. The summed E-state index contributed by atoms with van der Waals surface area (Å²) in [4.78, 5) is 41.8. The maximum atomic E-state index is 14.0. The van der Waals surface area contributed by atoms with Crippen LogP contribution in [0.3, 0.4) is 0 Å². The standard InChI is InChI=1S/C29H39N3O5/c1-17-11-8-12-18(2)23(17)31-26(34)24(22-16-9-13-19(3)25(22)33)32(21-14-10-15-21)27(35)20(4)30-28(36)37-29(5,6)7/h8-9,11-13,16,20-21,24,33H,10,14-15H2,1-7H3,(H,30,36)(H,31,34). The predicted molar refractivity (Wildman–Crippen MR) is 143 cm³/mol. The maximum Gasteiger partial charge on any atom is 0.408 e. The van der Waals surface area contributed by atoms with Crippen LogP contribution in [0.4, 0.5) is 10.5 Å². The first-order valence-electron chi connectivity index (χ1n) is 12.8. The third kappa shape index (κ3) is 6.61. The SMILES string of the molecule is Cc1cccc(C(C(=O)Nc2c(C)cccc2C)N(C(=O)C(C)NC(=O)OC(C)(C)C)C2CCC2)c1O. The second-order valence-corrected chi connectivity index (χ2v) is 10.9. The van der Waals surface area contributed by atoms with E-state index in [4.69, 9.17) is 4.74 Å². The molecule has 2 atom stereocenters. The van der Waals surface area contributed by atoms with Gasteiger partial charge in [-0.05, 0) is 84.4 Å². The van der Waals surface area contributed by atoms with Gasteiger partial charge >= 0.3 is 6.09 Å². The summed E-state index contributed by atoms with van der Waals surface area (Å²) in [6.07, 6.45) is 1.67. The van der Waals surface area contributed by atoms with E-state index in [0.717, 1.165) is 30.4 Å². The van der Waals surface area contributed by atoms with Crippen LogP contribution in [-0.4, -0.2) is 45.6 Å². The van der Waals surface area contributed by atoms with Crippen LogP contribution < -0.4 is 10.6 Å². The molecule has 0 heterocycles. The van der Waals surface area contributed by atoms with Crippen LogP contribution in [0.25, 0.3) is 0 Å². The number of carbonyl (C=O) groups is 3. The van der Waals surface area contributed by atoms with Crippen LogP contribution in [0.2, 0.25) is 0 Å². The minimum atomic E-state index is -1.10. The molecule has 1 aliphatic carbocycles. The number of nitrogens with zero attached hydrogens (tertiary/aromatic N) is 1. The highest BCUT2D eigenvalue weighted by molar-refractivity contribution is 6.00. The van der Waals surface area contributed by atoms with E-state index in [9.17, 15) is 19.5 Å². The Labute approximate surface area is 219 Å². The summed E-state index contributed by atoms with van der Waals surface area (Å²) in [5.41, 5.74) is 2.67. The van der Waals surface area contributed by atoms with Gasteiger partial charge in [-0.25, -0.2) is 4.79 Å². The number of hydrogen-bond acceptors (Lipinski definition) is 5. The third-order valence-corrected chi connectivity index (χ3v) is 6.65. The van der Waals surface area contributed by atoms with Gasteiger partial charge < -0.3 is 25.4 Å². The van der Waals surface area contributed by atoms with Gasteiger partial charge in [0.15, 0.2) is 0 Å². The van der Waals surface area contributed by atoms with Crippen molar-refractivity contribution < 1.29 is 24.2 Å². The van der Waals surface area contributed by atoms with Crippen molar-refractivity contribution in [2.24, 2.45) is 0 Å². The number of aromatic hydroxyl groups is 1. The summed E-state index contributed by atoms with van der Waals surface area (Å²) in [5, 5.41) is 16.6. The summed E-state index contributed by atoms with van der Waals surface area (Å²) < 4.78 is 5.33. The third-order valence-electron chi connectivity index (χ3n) is 6.65. The van der Waals surface area contributed by atoms with E-state index >= 15 is 0 Å². The molecule has 200 valence electrons. The van der Waals surface area contributed by atoms with Crippen molar-refractivity contribution in [1.82, 2.24) is 10.2 Å². The van der Waals surface area contributed by atoms with Gasteiger partial charge in [0.25, 0.3) is 5.91 Å². The zero-order valence-electron chi connectivity index (χ0n) is 22.8. The number of phenols is 1. The first-order chi connectivity index (χ1) is 17.3. The molecule has 0 bridgehead atoms. The second-order valence-electron chi connectivity index (χ2n) is 10.9. The smallest absolute Gasteiger partial charge is 0.408 e. The molecule has 0 spiro atoms. The molecule has 8 nitrogen and oxygen atoms in total. The Balaban J connectivity index is 2.03. The van der Waals surface area contributed by atoms with Gasteiger partial charge in [0.2, 0.25) is 5.91 Å². The highest BCUT2D eigenvalue weighted by Gasteiger charge is 2.42. The van der Waals surface area contributed by atoms with Crippen LogP contribution in [0, 0.1) is 20.8 Å². The van der Waals surface area contributed by atoms with Crippen molar-refractivity contribution in [3.63, 3.8) is 0 Å². The van der Waals surface area contributed by atoms with Crippen LogP contribution in [0.1, 0.15) is 75.3 Å². The van der Waals surface area contributed by atoms with Crippen molar-refractivity contribution in [2.75, 3.05) is 5.32 Å². The number of hydrogen-bond donors (Lipinski definition) is 3. The van der Waals surface area contributed by atoms with E-state index in [-0.39, 0.29) is 11.8 Å². The molecule has 3 rings (SSSR count). The molecule has 3 amide bonds. The van der Waals surface area contributed by atoms with Gasteiger partial charge in [-0.1, -0.05) is 36.4 Å². The Hall–Kier alpha value is -3.55. The zero-order chi connectivity index (χ0) is 27.5. The van der Waals surface area contributed by atoms with Crippen LogP contribution in [0.15, 0.2) is 36.4 Å². The van der Waals surface area contributed by atoms with E-state index in [1.807, 2.05) is 32.0 Å². The Morgan fingerprint density at radius 1 is 1.00 bits per heavy atom. The minimum Gasteiger partial charge on any atom is -0.507 e. The summed E-state index contributed by atoms with van der Waals surface area (Å²) in [5.74, 6) is -0.879. The monoisotopic (exact) mass is 509 g/mol. The number of alkyl carbamates (subject to hydrolysis) is 1. The molecule has 1 aliphatic rings. The van der Waals surface area contributed by atoms with Gasteiger partial charge in [0, 0.05) is 17.3 Å². The van der Waals surface area contributed by atoms with E-state index in [1.54, 1.807) is 52.8 Å². The number of anilines is 1. The van der Waals surface area contributed by atoms with E-state index in [1.165, 1.54) is 4.90 Å². The summed E-state index contributed by atoms with van der Waals surface area (Å²) in [6.45, 7) is 12.4. The Bertz CT molecular complexity index is 1150. The number of phenolic OH excluding ortho intramolecular Hbond substituents is 1. The topological polar surface area (TPSA) is 108 Å². The molecule has 37 heavy (non-hydrogen) atoms. The van der Waals surface area contributed by atoms with E-state index in [2.05, 4.69) is 10.6 Å². The Kier molecular flexibility index (Phi) is 8.51. The lowest BCUT2D eigenvalue weighted by Gasteiger charge is -2.43. The minimum absolute atomic E-state index is 0.0333. The molecule has 2 unspecified atom stereocenters. The fraction of sp³-hybridized carbons (Fsp3) is 0.483. The predicted octanol–water partition coefficient (Wildman–Crippen LogP) is 5.29. The molecule has 0 radical (unpaired) electrons. The summed E-state index contributed by atoms with van der Waals surface area (Å²) >= 11 is 0. The summed E-state index contributed by atoms with van der Waals surface area (Å²) in [6, 6.07) is 8.66. The fourth-order valence-electron chi connectivity index (χ4n) is 4.48. The van der Waals surface area contributed by atoms with Crippen LogP contribution in [0.5, 0.6) is 5.75 Å². The van der Waals surface area contributed by atoms with Crippen molar-refractivity contribution >= 4 is 23.6 Å². The highest BCUT2D eigenvalue weighted by Crippen LogP contribution is 2.38. The fourth-order valence-corrected chi connectivity index (χ4v) is 4.48. The quantitative estimate of drug-likeness (QED) is 0.470. The zero-order valence-corrected chi connectivity index (χ0v) is 22.8. The second kappa shape index (κ2) is 11.2. The Morgan fingerprint density at radius 3 is 2.11 bits per heavy atom. The maximum absolute atomic E-state index is 14.0. The number of benzene rings is 2. The van der Waals surface area contributed by atoms with Crippen molar-refractivity contribution in [1.29, 1.82) is 0 Å². The van der Waals surface area contributed by atoms with Crippen molar-refractivity contribution in [3.05, 3.63) is 58.7 Å². The average molecular weight is 510 g/mol. The van der Waals surface area contributed by atoms with Crippen LogP contribution in [-0.2, 0) is 14.3 Å². The number of aryl methyl sites for hydroxylation is 3. The van der Waals surface area contributed by atoms with Gasteiger partial charge in [0.05, 0.1) is 0 Å². The van der Waals surface area contributed by atoms with E-state index < -0.39 is 35.6 Å². The van der Waals surface area contributed by atoms with E-state index in [0.29, 0.717) is 16.8 Å². The summed E-state index contributed by atoms with van der Waals surface area (Å²) in [7, 11) is 0. The molecular weight excluding hydrogens is 470 g/mol. The van der Waals surface area contributed by atoms with Gasteiger partial charge in [0.1, 0.15) is 23.4 Å². The van der Waals surface area contributed by atoms with Crippen LogP contribution >= 0.6 is 0 Å². The molecule has 8 heteroatoms. The largest absolute Gasteiger partial charge is 0.507 e. The lowest BCUT2D eigenvalue weighted by atomic mass is 9.87. The molecule has 0 aliphatic heterocycles. The highest BCUT2D eigenvalue weighted by atomic mass is 16.6. The normalized spacial score (nSPS) is 15.2. The number of para-hydroxylation sites is 2. The molecule has 0 aromatic heterocycles. The van der Waals surface area contributed by atoms with Crippen molar-refractivity contribution in [2.45, 2.75) is 91.5 Å². The number of ether oxygens (including phenoxy) is 1. The molecule has 2 aromatic rings. The molecule has 3 N–H and O–H groups in total. The molecule has 1 fully saturated rings. The lowest BCUT2D eigenvalue weighted by molar-refractivity contribution is -0.145. The van der Waals surface area contributed by atoms with Gasteiger partial charge in [-0.3, -0.25) is 9.59 Å². The van der Waals surface area contributed by atoms with Crippen molar-refractivity contribution in [3.8, 4) is 5.75 Å². The number of carbonyl (C=O) groups excluding carboxylic acids is 3. The molecule has 0 saturated heterocycles. The van der Waals surface area contributed by atoms with Gasteiger partial charge in [-0.15, -0.1) is 0 Å². The average Bonchev–Trinajstić information content (AvgIpc) is 2.75. The number of rotatable bonds is 7. The molecule has 1 saturated carbocycles. The van der Waals surface area contributed by atoms with Gasteiger partial charge in [-0.2, -0.15) is 0 Å². The first-order valence-corrected chi connectivity index (χ1v) is 12.8. The molecule has 2 aromatic carbocycles.